The van der Waals surface area contributed by atoms with Crippen LogP contribution in [0.15, 0.2) is 15.9 Å². The lowest BCUT2D eigenvalue weighted by molar-refractivity contribution is -0.907. The zero-order valence-electron chi connectivity index (χ0n) is 9.62. The molecule has 0 fully saturated rings. The third-order valence-corrected chi connectivity index (χ3v) is 4.08. The van der Waals surface area contributed by atoms with E-state index >= 15 is 0 Å². The van der Waals surface area contributed by atoms with Crippen LogP contribution in [-0.4, -0.2) is 25.0 Å². The Balaban J connectivity index is 2.54. The Bertz CT molecular complexity index is 421. The number of quaternary nitrogens is 1. The molecule has 1 aromatic rings. The highest BCUT2D eigenvalue weighted by molar-refractivity contribution is 9.11. The van der Waals surface area contributed by atoms with Crippen LogP contribution in [0.2, 0.25) is 0 Å². The van der Waals surface area contributed by atoms with Gasteiger partial charge < -0.3 is 10.6 Å². The first-order chi connectivity index (χ1) is 7.90. The SMILES string of the molecule is C[C@H](C(=O)NC(N)=O)[NH+](C)Cc1ccc(Br)s1. The molecule has 2 atom stereocenters. The summed E-state index contributed by atoms with van der Waals surface area (Å²) in [5.41, 5.74) is 4.90. The first kappa shape index (κ1) is 14.1. The van der Waals surface area contributed by atoms with Gasteiger partial charge in [-0.2, -0.15) is 0 Å². The number of primary amides is 1. The van der Waals surface area contributed by atoms with E-state index in [2.05, 4.69) is 21.2 Å². The highest BCUT2D eigenvalue weighted by Crippen LogP contribution is 2.21. The second-order valence-electron chi connectivity index (χ2n) is 3.80. The van der Waals surface area contributed by atoms with Crippen molar-refractivity contribution in [3.63, 3.8) is 0 Å². The van der Waals surface area contributed by atoms with Gasteiger partial charge in [-0.15, -0.1) is 11.3 Å². The van der Waals surface area contributed by atoms with Gasteiger partial charge in [0, 0.05) is 0 Å². The minimum Gasteiger partial charge on any atom is -0.351 e. The molecule has 0 aliphatic carbocycles. The minimum atomic E-state index is -0.812. The van der Waals surface area contributed by atoms with Crippen molar-refractivity contribution < 1.29 is 14.5 Å². The molecule has 1 aromatic heterocycles. The van der Waals surface area contributed by atoms with E-state index in [0.717, 1.165) is 15.2 Å². The van der Waals surface area contributed by atoms with E-state index < -0.39 is 6.03 Å². The van der Waals surface area contributed by atoms with E-state index in [-0.39, 0.29) is 11.9 Å². The number of thiophene rings is 1. The first-order valence-corrected chi connectivity index (χ1v) is 6.68. The molecule has 0 aliphatic rings. The fraction of sp³-hybridized carbons (Fsp3) is 0.400. The summed E-state index contributed by atoms with van der Waals surface area (Å²) in [5, 5.41) is 2.09. The van der Waals surface area contributed by atoms with Crippen LogP contribution in [0.5, 0.6) is 0 Å². The summed E-state index contributed by atoms with van der Waals surface area (Å²) in [6.07, 6.45) is 0. The molecule has 5 nitrogen and oxygen atoms in total. The largest absolute Gasteiger partial charge is 0.351 e. The maximum absolute atomic E-state index is 11.6. The molecule has 0 saturated carbocycles. The third-order valence-electron chi connectivity index (χ3n) is 2.46. The van der Waals surface area contributed by atoms with Crippen molar-refractivity contribution in [1.82, 2.24) is 5.32 Å². The lowest BCUT2D eigenvalue weighted by Crippen LogP contribution is -3.12. The number of carbonyl (C=O) groups excluding carboxylic acids is 2. The van der Waals surface area contributed by atoms with E-state index in [4.69, 9.17) is 5.73 Å². The van der Waals surface area contributed by atoms with Gasteiger partial charge in [0.1, 0.15) is 6.54 Å². The fourth-order valence-corrected chi connectivity index (χ4v) is 2.91. The van der Waals surface area contributed by atoms with Crippen molar-refractivity contribution in [2.24, 2.45) is 5.73 Å². The van der Waals surface area contributed by atoms with Gasteiger partial charge in [-0.3, -0.25) is 10.1 Å². The second kappa shape index (κ2) is 6.13. The highest BCUT2D eigenvalue weighted by Gasteiger charge is 2.23. The summed E-state index contributed by atoms with van der Waals surface area (Å²) in [6, 6.07) is 2.84. The summed E-state index contributed by atoms with van der Waals surface area (Å²) in [5.74, 6) is -0.356. The van der Waals surface area contributed by atoms with E-state index in [0.29, 0.717) is 0 Å². The van der Waals surface area contributed by atoms with Gasteiger partial charge in [-0.25, -0.2) is 4.79 Å². The van der Waals surface area contributed by atoms with Gasteiger partial charge in [-0.1, -0.05) is 0 Å². The number of urea groups is 1. The summed E-state index contributed by atoms with van der Waals surface area (Å²) in [4.78, 5) is 24.3. The summed E-state index contributed by atoms with van der Waals surface area (Å²) in [7, 11) is 1.90. The lowest BCUT2D eigenvalue weighted by Gasteiger charge is -2.19. The zero-order valence-corrected chi connectivity index (χ0v) is 12.0. The van der Waals surface area contributed by atoms with Gasteiger partial charge in [-0.05, 0) is 35.0 Å². The van der Waals surface area contributed by atoms with Crippen LogP contribution >= 0.6 is 27.3 Å². The fourth-order valence-electron chi connectivity index (χ4n) is 1.33. The molecule has 0 aliphatic heterocycles. The number of imide groups is 1. The van der Waals surface area contributed by atoms with Crippen molar-refractivity contribution in [1.29, 1.82) is 0 Å². The van der Waals surface area contributed by atoms with Gasteiger partial charge >= 0.3 is 6.03 Å². The Hall–Kier alpha value is -0.920. The van der Waals surface area contributed by atoms with Crippen molar-refractivity contribution in [3.05, 3.63) is 20.8 Å². The molecule has 3 amide bonds. The van der Waals surface area contributed by atoms with Gasteiger partial charge in [0.25, 0.3) is 5.91 Å². The molecule has 7 heteroatoms. The molecule has 0 spiro atoms. The van der Waals surface area contributed by atoms with Gasteiger partial charge in [0.05, 0.1) is 15.7 Å². The first-order valence-electron chi connectivity index (χ1n) is 5.07. The summed E-state index contributed by atoms with van der Waals surface area (Å²) in [6.45, 7) is 2.49. The van der Waals surface area contributed by atoms with Gasteiger partial charge in [0.2, 0.25) is 0 Å². The van der Waals surface area contributed by atoms with Crippen molar-refractivity contribution in [2.75, 3.05) is 7.05 Å². The summed E-state index contributed by atoms with van der Waals surface area (Å²) < 4.78 is 1.06. The van der Waals surface area contributed by atoms with E-state index in [1.165, 1.54) is 4.88 Å². The topological polar surface area (TPSA) is 76.6 Å². The molecule has 94 valence electrons. The Morgan fingerprint density at radius 1 is 1.59 bits per heavy atom. The number of carbonyl (C=O) groups is 2. The molecule has 1 rings (SSSR count). The van der Waals surface area contributed by atoms with Crippen LogP contribution in [0.4, 0.5) is 4.79 Å². The van der Waals surface area contributed by atoms with Crippen molar-refractivity contribution in [3.8, 4) is 0 Å². The number of likely N-dealkylation sites (N-methyl/N-ethyl adjacent to an activating group) is 1. The number of hydrogen-bond acceptors (Lipinski definition) is 3. The molecule has 0 bridgehead atoms. The minimum absolute atomic E-state index is 0.330. The zero-order chi connectivity index (χ0) is 13.0. The normalized spacial score (nSPS) is 14.1. The lowest BCUT2D eigenvalue weighted by atomic mass is 10.2. The quantitative estimate of drug-likeness (QED) is 0.736. The van der Waals surface area contributed by atoms with Crippen molar-refractivity contribution in [2.45, 2.75) is 19.5 Å². The standard InChI is InChI=1S/C10H14BrN3O2S/c1-6(9(15)13-10(12)16)14(2)5-7-3-4-8(11)17-7/h3-4,6H,5H2,1-2H3,(H3,12,13,15,16)/p+1/t6-/m1/s1. The predicted octanol–water partition coefficient (Wildman–Crippen LogP) is 0.109. The molecule has 0 aromatic carbocycles. The highest BCUT2D eigenvalue weighted by atomic mass is 79.9. The van der Waals surface area contributed by atoms with Crippen LogP contribution in [0, 0.1) is 0 Å². The number of amides is 3. The van der Waals surface area contributed by atoms with E-state index in [1.54, 1.807) is 18.3 Å². The second-order valence-corrected chi connectivity index (χ2v) is 6.35. The Morgan fingerprint density at radius 3 is 2.71 bits per heavy atom. The maximum Gasteiger partial charge on any atom is 0.319 e. The summed E-state index contributed by atoms with van der Waals surface area (Å²) >= 11 is 5.02. The Kier molecular flexibility index (Phi) is 5.10. The van der Waals surface area contributed by atoms with Crippen molar-refractivity contribution >= 4 is 39.2 Å². The van der Waals surface area contributed by atoms with Crippen LogP contribution in [0.1, 0.15) is 11.8 Å². The van der Waals surface area contributed by atoms with E-state index in [1.807, 2.05) is 19.2 Å². The molecular weight excluding hydrogens is 306 g/mol. The molecule has 4 N–H and O–H groups in total. The average Bonchev–Trinajstić information content (AvgIpc) is 2.61. The molecule has 0 radical (unpaired) electrons. The molecular formula is C10H15BrN3O2S+. The third kappa shape index (κ3) is 4.45. The van der Waals surface area contributed by atoms with Crippen LogP contribution < -0.4 is 16.0 Å². The average molecular weight is 321 g/mol. The predicted molar refractivity (Wildman–Crippen MR) is 69.8 cm³/mol. The molecule has 1 heterocycles. The van der Waals surface area contributed by atoms with Crippen LogP contribution in [-0.2, 0) is 11.3 Å². The Labute approximate surface area is 112 Å². The smallest absolute Gasteiger partial charge is 0.319 e. The number of halogens is 1. The maximum atomic E-state index is 11.6. The number of nitrogens with one attached hydrogen (secondary N) is 2. The molecule has 17 heavy (non-hydrogen) atoms. The Morgan fingerprint density at radius 2 is 2.24 bits per heavy atom. The molecule has 1 unspecified atom stereocenters. The number of rotatable bonds is 4. The monoisotopic (exact) mass is 320 g/mol. The number of hydrogen-bond donors (Lipinski definition) is 3. The molecule has 0 saturated heterocycles. The number of nitrogens with two attached hydrogens (primary N) is 1. The van der Waals surface area contributed by atoms with E-state index in [9.17, 15) is 9.59 Å². The van der Waals surface area contributed by atoms with Crippen LogP contribution in [0.25, 0.3) is 0 Å². The van der Waals surface area contributed by atoms with Crippen LogP contribution in [0.3, 0.4) is 0 Å². The van der Waals surface area contributed by atoms with Gasteiger partial charge in [0.15, 0.2) is 6.04 Å².